The van der Waals surface area contributed by atoms with Crippen molar-refractivity contribution in [3.05, 3.63) is 29.3 Å². The van der Waals surface area contributed by atoms with Crippen LogP contribution in [0.1, 0.15) is 30.5 Å². The van der Waals surface area contributed by atoms with Crippen molar-refractivity contribution >= 4 is 11.8 Å². The summed E-state index contributed by atoms with van der Waals surface area (Å²) in [6, 6.07) is 6.94. The summed E-state index contributed by atoms with van der Waals surface area (Å²) in [6.07, 6.45) is 1.33. The fraction of sp³-hybridized carbons (Fsp3) is 0.600. The van der Waals surface area contributed by atoms with Gasteiger partial charge in [0.15, 0.2) is 0 Å². The fourth-order valence-corrected chi connectivity index (χ4v) is 3.99. The first kappa shape index (κ1) is 13.8. The van der Waals surface area contributed by atoms with Crippen molar-refractivity contribution in [2.24, 2.45) is 5.92 Å². The van der Waals surface area contributed by atoms with Crippen LogP contribution in [0.25, 0.3) is 0 Å². The first-order chi connectivity index (χ1) is 8.76. The second kappa shape index (κ2) is 6.48. The quantitative estimate of drug-likeness (QED) is 0.881. The lowest BCUT2D eigenvalue weighted by Gasteiger charge is -2.26. The Hall–Kier alpha value is -0.670. The maximum atomic E-state index is 5.29. The van der Waals surface area contributed by atoms with Gasteiger partial charge in [0.1, 0.15) is 5.75 Å². The molecule has 0 aliphatic carbocycles. The van der Waals surface area contributed by atoms with E-state index in [9.17, 15) is 0 Å². The molecular weight excluding hydrogens is 242 g/mol. The lowest BCUT2D eigenvalue weighted by atomic mass is 9.89. The number of aryl methyl sites for hydroxylation is 1. The average molecular weight is 265 g/mol. The largest absolute Gasteiger partial charge is 0.497 e. The van der Waals surface area contributed by atoms with Gasteiger partial charge >= 0.3 is 0 Å². The minimum atomic E-state index is 0.496. The number of nitrogens with one attached hydrogen (secondary N) is 1. The monoisotopic (exact) mass is 265 g/mol. The summed E-state index contributed by atoms with van der Waals surface area (Å²) in [7, 11) is 1.73. The molecule has 0 aromatic heterocycles. The van der Waals surface area contributed by atoms with Crippen LogP contribution in [0.4, 0.5) is 0 Å². The molecule has 18 heavy (non-hydrogen) atoms. The first-order valence-electron chi connectivity index (χ1n) is 6.72. The second-order valence-electron chi connectivity index (χ2n) is 4.88. The molecule has 100 valence electrons. The third-order valence-corrected chi connectivity index (χ3v) is 4.86. The number of rotatable bonds is 5. The number of ether oxygens (including phenoxy) is 1. The van der Waals surface area contributed by atoms with Gasteiger partial charge < -0.3 is 10.1 Å². The molecule has 1 saturated heterocycles. The molecule has 1 aromatic rings. The summed E-state index contributed by atoms with van der Waals surface area (Å²) >= 11 is 2.08. The van der Waals surface area contributed by atoms with Crippen molar-refractivity contribution in [3.8, 4) is 5.75 Å². The van der Waals surface area contributed by atoms with Gasteiger partial charge in [0, 0.05) is 6.04 Å². The SMILES string of the molecule is CCNC(c1ccc(OC)cc1C)C1CCSC1. The third kappa shape index (κ3) is 3.01. The van der Waals surface area contributed by atoms with Gasteiger partial charge in [-0.3, -0.25) is 0 Å². The predicted octanol–water partition coefficient (Wildman–Crippen LogP) is 3.41. The van der Waals surface area contributed by atoms with Crippen molar-refractivity contribution in [2.75, 3.05) is 25.2 Å². The van der Waals surface area contributed by atoms with Crippen LogP contribution < -0.4 is 10.1 Å². The number of thioether (sulfide) groups is 1. The summed E-state index contributed by atoms with van der Waals surface area (Å²) in [6.45, 7) is 5.40. The molecule has 0 radical (unpaired) electrons. The minimum absolute atomic E-state index is 0.496. The van der Waals surface area contributed by atoms with Crippen molar-refractivity contribution in [1.82, 2.24) is 5.32 Å². The van der Waals surface area contributed by atoms with Gasteiger partial charge in [0.2, 0.25) is 0 Å². The Kier molecular flexibility index (Phi) is 4.95. The summed E-state index contributed by atoms with van der Waals surface area (Å²) < 4.78 is 5.29. The van der Waals surface area contributed by atoms with Crippen molar-refractivity contribution in [2.45, 2.75) is 26.3 Å². The molecule has 2 unspecified atom stereocenters. The molecule has 0 amide bonds. The fourth-order valence-electron chi connectivity index (χ4n) is 2.69. The topological polar surface area (TPSA) is 21.3 Å². The predicted molar refractivity (Wildman–Crippen MR) is 79.6 cm³/mol. The van der Waals surface area contributed by atoms with Crippen LogP contribution in [0.2, 0.25) is 0 Å². The highest BCUT2D eigenvalue weighted by Gasteiger charge is 2.27. The Morgan fingerprint density at radius 2 is 2.33 bits per heavy atom. The minimum Gasteiger partial charge on any atom is -0.497 e. The van der Waals surface area contributed by atoms with Gasteiger partial charge in [-0.05, 0) is 60.6 Å². The highest BCUT2D eigenvalue weighted by atomic mass is 32.2. The maximum absolute atomic E-state index is 5.29. The van der Waals surface area contributed by atoms with Crippen LogP contribution in [0.15, 0.2) is 18.2 Å². The van der Waals surface area contributed by atoms with Crippen molar-refractivity contribution in [1.29, 1.82) is 0 Å². The Labute approximate surface area is 114 Å². The molecule has 2 nitrogen and oxygen atoms in total. The van der Waals surface area contributed by atoms with E-state index in [1.54, 1.807) is 7.11 Å². The Morgan fingerprint density at radius 1 is 1.50 bits per heavy atom. The molecule has 0 bridgehead atoms. The second-order valence-corrected chi connectivity index (χ2v) is 6.03. The number of hydrogen-bond acceptors (Lipinski definition) is 3. The number of hydrogen-bond donors (Lipinski definition) is 1. The zero-order valence-electron chi connectivity index (χ0n) is 11.5. The number of benzene rings is 1. The zero-order valence-corrected chi connectivity index (χ0v) is 12.3. The lowest BCUT2D eigenvalue weighted by Crippen LogP contribution is -2.28. The molecule has 1 N–H and O–H groups in total. The molecule has 1 aromatic carbocycles. The van der Waals surface area contributed by atoms with E-state index in [4.69, 9.17) is 4.74 Å². The van der Waals surface area contributed by atoms with Crippen LogP contribution in [-0.4, -0.2) is 25.2 Å². The van der Waals surface area contributed by atoms with E-state index in [0.29, 0.717) is 6.04 Å². The van der Waals surface area contributed by atoms with E-state index in [1.807, 2.05) is 0 Å². The van der Waals surface area contributed by atoms with E-state index in [-0.39, 0.29) is 0 Å². The average Bonchev–Trinajstić information content (AvgIpc) is 2.90. The maximum Gasteiger partial charge on any atom is 0.119 e. The summed E-state index contributed by atoms with van der Waals surface area (Å²) in [5.41, 5.74) is 2.77. The Bertz CT molecular complexity index is 388. The first-order valence-corrected chi connectivity index (χ1v) is 7.87. The lowest BCUT2D eigenvalue weighted by molar-refractivity contribution is 0.396. The van der Waals surface area contributed by atoms with E-state index >= 15 is 0 Å². The van der Waals surface area contributed by atoms with E-state index in [1.165, 1.54) is 29.1 Å². The van der Waals surface area contributed by atoms with E-state index in [0.717, 1.165) is 18.2 Å². The third-order valence-electron chi connectivity index (χ3n) is 3.67. The molecule has 1 aliphatic rings. The van der Waals surface area contributed by atoms with Crippen LogP contribution in [0.3, 0.4) is 0 Å². The standard InChI is InChI=1S/C15H23NOS/c1-4-16-15(12-7-8-18-10-12)14-6-5-13(17-3)9-11(14)2/h5-6,9,12,15-16H,4,7-8,10H2,1-3H3. The molecule has 2 atom stereocenters. The van der Waals surface area contributed by atoms with Gasteiger partial charge in [-0.2, -0.15) is 11.8 Å². The van der Waals surface area contributed by atoms with Gasteiger partial charge in [-0.15, -0.1) is 0 Å². The van der Waals surface area contributed by atoms with Gasteiger partial charge in [-0.1, -0.05) is 13.0 Å². The Morgan fingerprint density at radius 3 is 2.89 bits per heavy atom. The molecule has 0 saturated carbocycles. The molecule has 0 spiro atoms. The molecule has 1 fully saturated rings. The van der Waals surface area contributed by atoms with Crippen LogP contribution >= 0.6 is 11.8 Å². The van der Waals surface area contributed by atoms with Crippen molar-refractivity contribution < 1.29 is 4.74 Å². The van der Waals surface area contributed by atoms with Gasteiger partial charge in [0.25, 0.3) is 0 Å². The highest BCUT2D eigenvalue weighted by Crippen LogP contribution is 2.36. The van der Waals surface area contributed by atoms with Crippen molar-refractivity contribution in [3.63, 3.8) is 0 Å². The summed E-state index contributed by atoms with van der Waals surface area (Å²) in [4.78, 5) is 0. The van der Waals surface area contributed by atoms with Gasteiger partial charge in [-0.25, -0.2) is 0 Å². The smallest absolute Gasteiger partial charge is 0.119 e. The molecular formula is C15H23NOS. The molecule has 3 heteroatoms. The van der Waals surface area contributed by atoms with Crippen LogP contribution in [-0.2, 0) is 0 Å². The summed E-state index contributed by atoms with van der Waals surface area (Å²) in [5, 5.41) is 3.66. The van der Waals surface area contributed by atoms with Crippen LogP contribution in [0.5, 0.6) is 5.75 Å². The van der Waals surface area contributed by atoms with Crippen LogP contribution in [0, 0.1) is 12.8 Å². The summed E-state index contributed by atoms with van der Waals surface area (Å²) in [5.74, 6) is 4.31. The molecule has 2 rings (SSSR count). The zero-order chi connectivity index (χ0) is 13.0. The molecule has 1 aliphatic heterocycles. The van der Waals surface area contributed by atoms with Gasteiger partial charge in [0.05, 0.1) is 7.11 Å². The Balaban J connectivity index is 2.23. The number of methoxy groups -OCH3 is 1. The van der Waals surface area contributed by atoms with E-state index < -0.39 is 0 Å². The normalized spacial score (nSPS) is 20.9. The highest BCUT2D eigenvalue weighted by molar-refractivity contribution is 7.99. The molecule has 1 heterocycles. The van der Waals surface area contributed by atoms with E-state index in [2.05, 4.69) is 49.1 Å².